The molecule has 0 aliphatic heterocycles. The lowest BCUT2D eigenvalue weighted by atomic mass is 10.2. The summed E-state index contributed by atoms with van der Waals surface area (Å²) in [4.78, 5) is 16.7. The number of carbonyl (C=O) groups is 1. The fraction of sp³-hybridized carbons (Fsp3) is 0.273. The van der Waals surface area contributed by atoms with Crippen molar-refractivity contribution in [3.63, 3.8) is 0 Å². The molecule has 0 bridgehead atoms. The normalized spacial score (nSPS) is 11.4. The number of para-hydroxylation sites is 1. The molecule has 0 radical (unpaired) electrons. The lowest BCUT2D eigenvalue weighted by Crippen LogP contribution is -2.07. The van der Waals surface area contributed by atoms with E-state index in [0.29, 0.717) is 23.8 Å². The molecule has 2 aromatic carbocycles. The third-order valence-electron chi connectivity index (χ3n) is 3.96. The van der Waals surface area contributed by atoms with Crippen molar-refractivity contribution >= 4 is 28.8 Å². The zero-order valence-corrected chi connectivity index (χ0v) is 15.9. The molecule has 0 unspecified atom stereocenters. The Labute approximate surface area is 159 Å². The molecule has 27 heavy (non-hydrogen) atoms. The van der Waals surface area contributed by atoms with Crippen LogP contribution in [0, 0.1) is 0 Å². The third kappa shape index (κ3) is 4.76. The van der Waals surface area contributed by atoms with E-state index in [4.69, 9.17) is 9.15 Å². The predicted octanol–water partition coefficient (Wildman–Crippen LogP) is 5.39. The smallest absolute Gasteiger partial charge is 0.248 e. The number of amides is 1. The van der Waals surface area contributed by atoms with Crippen LogP contribution < -0.4 is 10.1 Å². The van der Waals surface area contributed by atoms with Gasteiger partial charge in [0.1, 0.15) is 11.3 Å². The average molecular weight is 364 g/mol. The minimum Gasteiger partial charge on any atom is -0.493 e. The summed E-state index contributed by atoms with van der Waals surface area (Å²) in [6, 6.07) is 13.1. The number of nitrogens with one attached hydrogen (secondary N) is 1. The standard InChI is InChI=1S/C22H24N2O3/c1-4-13-26-19-8-6-5-7-16(19)9-12-21(25)23-17-10-11-18-20(14-17)27-22(24-18)15(2)3/h5-12,14-15H,4,13H2,1-3H3,(H,23,25)/b12-9+. The van der Waals surface area contributed by atoms with Gasteiger partial charge in [-0.15, -0.1) is 0 Å². The molecule has 0 atom stereocenters. The van der Waals surface area contributed by atoms with Gasteiger partial charge in [-0.2, -0.15) is 0 Å². The van der Waals surface area contributed by atoms with Crippen LogP contribution in [0.15, 0.2) is 53.0 Å². The van der Waals surface area contributed by atoms with Gasteiger partial charge in [-0.25, -0.2) is 4.98 Å². The van der Waals surface area contributed by atoms with Crippen LogP contribution in [-0.4, -0.2) is 17.5 Å². The number of carbonyl (C=O) groups excluding carboxylic acids is 1. The first-order valence-corrected chi connectivity index (χ1v) is 9.18. The topological polar surface area (TPSA) is 64.4 Å². The Morgan fingerprint density at radius 3 is 2.85 bits per heavy atom. The SMILES string of the molecule is CCCOc1ccccc1/C=C/C(=O)Nc1ccc2nc(C(C)C)oc2c1. The quantitative estimate of drug-likeness (QED) is 0.571. The molecule has 0 aliphatic rings. The fourth-order valence-corrected chi connectivity index (χ4v) is 2.58. The van der Waals surface area contributed by atoms with Gasteiger partial charge in [-0.05, 0) is 30.7 Å². The average Bonchev–Trinajstić information content (AvgIpc) is 3.09. The summed E-state index contributed by atoms with van der Waals surface area (Å²) in [7, 11) is 0. The first kappa shape index (κ1) is 18.7. The van der Waals surface area contributed by atoms with Crippen molar-refractivity contribution in [3.05, 3.63) is 60.0 Å². The molecule has 1 aromatic heterocycles. The largest absolute Gasteiger partial charge is 0.493 e. The molecule has 1 N–H and O–H groups in total. The summed E-state index contributed by atoms with van der Waals surface area (Å²) in [5.41, 5.74) is 2.99. The van der Waals surface area contributed by atoms with Crippen LogP contribution in [0.4, 0.5) is 5.69 Å². The number of benzene rings is 2. The predicted molar refractivity (Wildman–Crippen MR) is 108 cm³/mol. The van der Waals surface area contributed by atoms with Gasteiger partial charge in [-0.1, -0.05) is 39.0 Å². The van der Waals surface area contributed by atoms with Crippen LogP contribution in [0.1, 0.15) is 44.6 Å². The van der Waals surface area contributed by atoms with Crippen LogP contribution in [0.3, 0.4) is 0 Å². The van der Waals surface area contributed by atoms with Crippen LogP contribution in [-0.2, 0) is 4.79 Å². The van der Waals surface area contributed by atoms with Crippen molar-refractivity contribution in [1.82, 2.24) is 4.98 Å². The van der Waals surface area contributed by atoms with Gasteiger partial charge in [0.15, 0.2) is 11.5 Å². The monoisotopic (exact) mass is 364 g/mol. The van der Waals surface area contributed by atoms with Gasteiger partial charge >= 0.3 is 0 Å². The van der Waals surface area contributed by atoms with Crippen molar-refractivity contribution in [3.8, 4) is 5.75 Å². The maximum Gasteiger partial charge on any atom is 0.248 e. The molecule has 1 heterocycles. The molecule has 0 saturated heterocycles. The zero-order valence-electron chi connectivity index (χ0n) is 15.9. The maximum atomic E-state index is 12.3. The van der Waals surface area contributed by atoms with E-state index >= 15 is 0 Å². The van der Waals surface area contributed by atoms with Crippen molar-refractivity contribution < 1.29 is 13.9 Å². The molecular weight excluding hydrogens is 340 g/mol. The number of nitrogens with zero attached hydrogens (tertiary/aromatic N) is 1. The lowest BCUT2D eigenvalue weighted by Gasteiger charge is -2.07. The highest BCUT2D eigenvalue weighted by Crippen LogP contribution is 2.24. The highest BCUT2D eigenvalue weighted by molar-refractivity contribution is 6.02. The molecule has 0 fully saturated rings. The van der Waals surface area contributed by atoms with Gasteiger partial charge in [0.2, 0.25) is 5.91 Å². The zero-order chi connectivity index (χ0) is 19.2. The Hall–Kier alpha value is -3.08. The summed E-state index contributed by atoms with van der Waals surface area (Å²) in [5, 5.41) is 2.85. The van der Waals surface area contributed by atoms with Crippen molar-refractivity contribution in [1.29, 1.82) is 0 Å². The number of fused-ring (bicyclic) bond motifs is 1. The van der Waals surface area contributed by atoms with Gasteiger partial charge in [0.05, 0.1) is 6.61 Å². The third-order valence-corrected chi connectivity index (χ3v) is 3.96. The fourth-order valence-electron chi connectivity index (χ4n) is 2.58. The molecule has 140 valence electrons. The van der Waals surface area contributed by atoms with E-state index in [1.165, 1.54) is 6.08 Å². The minimum absolute atomic E-state index is 0.216. The Balaban J connectivity index is 1.70. The van der Waals surface area contributed by atoms with E-state index in [-0.39, 0.29) is 11.8 Å². The molecule has 0 saturated carbocycles. The molecule has 3 rings (SSSR count). The Morgan fingerprint density at radius 1 is 1.26 bits per heavy atom. The number of anilines is 1. The molecule has 0 spiro atoms. The number of aromatic nitrogens is 1. The van der Waals surface area contributed by atoms with Crippen LogP contribution in [0.2, 0.25) is 0 Å². The Kier molecular flexibility index (Phi) is 5.91. The summed E-state index contributed by atoms with van der Waals surface area (Å²) in [5.74, 6) is 1.46. The van der Waals surface area contributed by atoms with E-state index in [9.17, 15) is 4.79 Å². The number of rotatable bonds is 7. The lowest BCUT2D eigenvalue weighted by molar-refractivity contribution is -0.111. The van der Waals surface area contributed by atoms with E-state index in [2.05, 4.69) is 17.2 Å². The van der Waals surface area contributed by atoms with Crippen molar-refractivity contribution in [2.24, 2.45) is 0 Å². The van der Waals surface area contributed by atoms with Gasteiger partial charge < -0.3 is 14.5 Å². The van der Waals surface area contributed by atoms with E-state index in [1.54, 1.807) is 12.1 Å². The number of oxazole rings is 1. The first-order chi connectivity index (χ1) is 13.1. The van der Waals surface area contributed by atoms with E-state index in [0.717, 1.165) is 23.3 Å². The summed E-state index contributed by atoms with van der Waals surface area (Å²) in [6.07, 6.45) is 4.18. The molecule has 5 nitrogen and oxygen atoms in total. The minimum atomic E-state index is -0.219. The van der Waals surface area contributed by atoms with E-state index in [1.807, 2.05) is 50.2 Å². The molecule has 5 heteroatoms. The highest BCUT2D eigenvalue weighted by Gasteiger charge is 2.10. The molecule has 3 aromatic rings. The van der Waals surface area contributed by atoms with Crippen molar-refractivity contribution in [2.45, 2.75) is 33.1 Å². The van der Waals surface area contributed by atoms with Crippen LogP contribution in [0.25, 0.3) is 17.2 Å². The Morgan fingerprint density at radius 2 is 2.07 bits per heavy atom. The first-order valence-electron chi connectivity index (χ1n) is 9.18. The highest BCUT2D eigenvalue weighted by atomic mass is 16.5. The van der Waals surface area contributed by atoms with Crippen LogP contribution >= 0.6 is 0 Å². The summed E-state index contributed by atoms with van der Waals surface area (Å²) in [6.45, 7) is 6.76. The van der Waals surface area contributed by atoms with Gasteiger partial charge in [0.25, 0.3) is 0 Å². The number of hydrogen-bond donors (Lipinski definition) is 1. The van der Waals surface area contributed by atoms with Crippen LogP contribution in [0.5, 0.6) is 5.75 Å². The van der Waals surface area contributed by atoms with Gasteiger partial charge in [-0.3, -0.25) is 4.79 Å². The molecule has 1 amide bonds. The summed E-state index contributed by atoms with van der Waals surface area (Å²) < 4.78 is 11.4. The molecule has 0 aliphatic carbocycles. The number of hydrogen-bond acceptors (Lipinski definition) is 4. The second kappa shape index (κ2) is 8.54. The van der Waals surface area contributed by atoms with Crippen molar-refractivity contribution in [2.75, 3.05) is 11.9 Å². The molecular formula is C22H24N2O3. The van der Waals surface area contributed by atoms with Gasteiger partial charge in [0, 0.05) is 29.3 Å². The number of ether oxygens (including phenoxy) is 1. The second-order valence-corrected chi connectivity index (χ2v) is 6.60. The van der Waals surface area contributed by atoms with E-state index < -0.39 is 0 Å². The maximum absolute atomic E-state index is 12.3. The Bertz CT molecular complexity index is 957. The second-order valence-electron chi connectivity index (χ2n) is 6.60. The summed E-state index contributed by atoms with van der Waals surface area (Å²) >= 11 is 0.